The molecule has 2 aromatic rings. The number of sulfonamides is 1. The van der Waals surface area contributed by atoms with Gasteiger partial charge in [-0.05, 0) is 41.5 Å². The smallest absolute Gasteiger partial charge is 0.239 e. The van der Waals surface area contributed by atoms with Gasteiger partial charge in [0.1, 0.15) is 0 Å². The molecule has 0 N–H and O–H groups in total. The minimum atomic E-state index is -3.49. The molecule has 1 aliphatic carbocycles. The maximum Gasteiger partial charge on any atom is 0.239 e. The second-order valence-corrected chi connectivity index (χ2v) is 8.74. The number of hydrogen-bond acceptors (Lipinski definition) is 4. The summed E-state index contributed by atoms with van der Waals surface area (Å²) in [6.07, 6.45) is 3.13. The predicted octanol–water partition coefficient (Wildman–Crippen LogP) is 3.51. The molecule has 24 heavy (non-hydrogen) atoms. The number of hydrogen-bond donors (Lipinski definition) is 0. The van der Waals surface area contributed by atoms with E-state index < -0.39 is 10.0 Å². The highest BCUT2D eigenvalue weighted by Gasteiger charge is 2.28. The second kappa shape index (κ2) is 7.61. The van der Waals surface area contributed by atoms with Crippen molar-refractivity contribution in [2.75, 3.05) is 20.3 Å². The third-order valence-electron chi connectivity index (χ3n) is 4.14. The van der Waals surface area contributed by atoms with Gasteiger partial charge >= 0.3 is 0 Å². The van der Waals surface area contributed by atoms with E-state index in [1.54, 1.807) is 18.4 Å². The lowest BCUT2D eigenvalue weighted by Crippen LogP contribution is -2.34. The fourth-order valence-corrected chi connectivity index (χ4v) is 5.22. The number of ether oxygens (including phenoxy) is 1. The first-order valence-electron chi connectivity index (χ1n) is 7.91. The lowest BCUT2D eigenvalue weighted by Gasteiger charge is -2.25. The van der Waals surface area contributed by atoms with Gasteiger partial charge in [-0.3, -0.25) is 0 Å². The Labute approximate surface area is 147 Å². The molecule has 0 unspecified atom stereocenters. The minimum absolute atomic E-state index is 0.357. The van der Waals surface area contributed by atoms with Gasteiger partial charge in [0.15, 0.2) is 0 Å². The van der Waals surface area contributed by atoms with Crippen molar-refractivity contribution in [3.05, 3.63) is 62.7 Å². The number of aryl methyl sites for hydroxylation is 1. The summed E-state index contributed by atoms with van der Waals surface area (Å²) in [5.74, 6) is 0. The summed E-state index contributed by atoms with van der Waals surface area (Å²) in [6.45, 7) is 1.13. The van der Waals surface area contributed by atoms with E-state index in [0.29, 0.717) is 31.0 Å². The van der Waals surface area contributed by atoms with E-state index in [9.17, 15) is 8.42 Å². The molecule has 0 amide bonds. The number of rotatable bonds is 7. The minimum Gasteiger partial charge on any atom is -0.383 e. The summed E-state index contributed by atoms with van der Waals surface area (Å²) in [5, 5.41) is 1.96. The highest BCUT2D eigenvalue weighted by Crippen LogP contribution is 2.29. The Balaban J connectivity index is 1.89. The highest BCUT2D eigenvalue weighted by molar-refractivity contribution is 7.93. The van der Waals surface area contributed by atoms with Crippen LogP contribution in [-0.2, 0) is 27.7 Å². The average Bonchev–Trinajstić information content (AvgIpc) is 3.11. The van der Waals surface area contributed by atoms with Crippen LogP contribution in [0.5, 0.6) is 0 Å². The molecular weight excluding hydrogens is 342 g/mol. The Morgan fingerprint density at radius 1 is 1.17 bits per heavy atom. The first kappa shape index (κ1) is 17.4. The molecule has 0 bridgehead atoms. The molecule has 128 valence electrons. The van der Waals surface area contributed by atoms with Crippen molar-refractivity contribution in [1.29, 1.82) is 0 Å². The van der Waals surface area contributed by atoms with Crippen LogP contribution in [0.2, 0.25) is 0 Å². The van der Waals surface area contributed by atoms with Crippen LogP contribution in [0.15, 0.2) is 46.7 Å². The van der Waals surface area contributed by atoms with Crippen molar-refractivity contribution in [2.24, 2.45) is 0 Å². The van der Waals surface area contributed by atoms with Crippen LogP contribution < -0.4 is 0 Å². The van der Waals surface area contributed by atoms with Gasteiger partial charge in [-0.15, -0.1) is 11.3 Å². The number of allylic oxidation sites excluding steroid dienone is 1. The van der Waals surface area contributed by atoms with Gasteiger partial charge in [0, 0.05) is 25.1 Å². The molecule has 0 aliphatic heterocycles. The van der Waals surface area contributed by atoms with Gasteiger partial charge in [-0.2, -0.15) is 4.31 Å². The Kier molecular flexibility index (Phi) is 5.50. The summed E-state index contributed by atoms with van der Waals surface area (Å²) < 4.78 is 32.9. The second-order valence-electron chi connectivity index (χ2n) is 5.72. The van der Waals surface area contributed by atoms with E-state index in [2.05, 4.69) is 6.07 Å². The van der Waals surface area contributed by atoms with E-state index in [0.717, 1.165) is 16.9 Å². The standard InChI is InChI=1S/C18H21NO3S2/c1-22-11-10-19(14-17-7-4-12-23-17)24(20,21)18-9-8-15-5-2-3-6-16(15)13-18/h2-7,12-13H,8-11,14H2,1H3. The van der Waals surface area contributed by atoms with E-state index in [-0.39, 0.29) is 0 Å². The summed E-state index contributed by atoms with van der Waals surface area (Å²) in [4.78, 5) is 1.53. The molecule has 0 atom stereocenters. The Morgan fingerprint density at radius 2 is 2.00 bits per heavy atom. The molecular formula is C18H21NO3S2. The fourth-order valence-electron chi connectivity index (χ4n) is 2.83. The van der Waals surface area contributed by atoms with Crippen LogP contribution in [-0.4, -0.2) is 33.0 Å². The molecule has 3 rings (SSSR count). The van der Waals surface area contributed by atoms with Gasteiger partial charge in [0.05, 0.1) is 11.5 Å². The van der Waals surface area contributed by atoms with Crippen molar-refractivity contribution < 1.29 is 13.2 Å². The topological polar surface area (TPSA) is 46.6 Å². The zero-order valence-corrected chi connectivity index (χ0v) is 15.3. The Bertz CT molecular complexity index is 811. The first-order valence-corrected chi connectivity index (χ1v) is 10.2. The lowest BCUT2D eigenvalue weighted by molar-refractivity contribution is 0.178. The monoisotopic (exact) mass is 363 g/mol. The van der Waals surface area contributed by atoms with E-state index in [4.69, 9.17) is 4.74 Å². The number of benzene rings is 1. The fraction of sp³-hybridized carbons (Fsp3) is 0.333. The van der Waals surface area contributed by atoms with Crippen molar-refractivity contribution in [2.45, 2.75) is 19.4 Å². The number of thiophene rings is 1. The number of fused-ring (bicyclic) bond motifs is 1. The van der Waals surface area contributed by atoms with Gasteiger partial charge in [0.2, 0.25) is 10.0 Å². The third-order valence-corrected chi connectivity index (χ3v) is 6.98. The SMILES string of the molecule is COCCN(Cc1cccs1)S(=O)(=O)C1=Cc2ccccc2CC1. The van der Waals surface area contributed by atoms with Gasteiger partial charge in [-0.25, -0.2) is 8.42 Å². The molecule has 0 fully saturated rings. The van der Waals surface area contributed by atoms with E-state index >= 15 is 0 Å². The number of methoxy groups -OCH3 is 1. The maximum atomic E-state index is 13.1. The van der Waals surface area contributed by atoms with Crippen LogP contribution >= 0.6 is 11.3 Å². The molecule has 1 aliphatic rings. The Hall–Kier alpha value is -1.47. The molecule has 0 saturated carbocycles. The normalized spacial score (nSPS) is 14.5. The van der Waals surface area contributed by atoms with Gasteiger partial charge < -0.3 is 4.74 Å². The third kappa shape index (κ3) is 3.78. The predicted molar refractivity (Wildman–Crippen MR) is 98.3 cm³/mol. The van der Waals surface area contributed by atoms with Crippen molar-refractivity contribution in [3.8, 4) is 0 Å². The van der Waals surface area contributed by atoms with E-state index in [1.807, 2.05) is 41.8 Å². The summed E-state index contributed by atoms with van der Waals surface area (Å²) in [5.41, 5.74) is 2.21. The molecule has 1 aromatic carbocycles. The zero-order chi connectivity index (χ0) is 17.0. The van der Waals surface area contributed by atoms with Crippen molar-refractivity contribution in [1.82, 2.24) is 4.31 Å². The number of nitrogens with zero attached hydrogens (tertiary/aromatic N) is 1. The molecule has 0 spiro atoms. The quantitative estimate of drug-likeness (QED) is 0.756. The van der Waals surface area contributed by atoms with Crippen LogP contribution in [0.25, 0.3) is 6.08 Å². The molecule has 0 saturated heterocycles. The van der Waals surface area contributed by atoms with Gasteiger partial charge in [0.25, 0.3) is 0 Å². The largest absolute Gasteiger partial charge is 0.383 e. The Morgan fingerprint density at radius 3 is 2.75 bits per heavy atom. The van der Waals surface area contributed by atoms with Crippen molar-refractivity contribution >= 4 is 27.4 Å². The molecule has 0 radical (unpaired) electrons. The van der Waals surface area contributed by atoms with Crippen LogP contribution in [0, 0.1) is 0 Å². The van der Waals surface area contributed by atoms with Gasteiger partial charge in [-0.1, -0.05) is 30.3 Å². The van der Waals surface area contributed by atoms with Crippen LogP contribution in [0.4, 0.5) is 0 Å². The van der Waals surface area contributed by atoms with Crippen molar-refractivity contribution in [3.63, 3.8) is 0 Å². The lowest BCUT2D eigenvalue weighted by atomic mass is 9.98. The van der Waals surface area contributed by atoms with E-state index in [1.165, 1.54) is 9.87 Å². The molecule has 1 aromatic heterocycles. The first-order chi connectivity index (χ1) is 11.6. The zero-order valence-electron chi connectivity index (χ0n) is 13.6. The summed E-state index contributed by atoms with van der Waals surface area (Å²) in [7, 11) is -1.90. The summed E-state index contributed by atoms with van der Waals surface area (Å²) in [6, 6.07) is 11.9. The van der Waals surface area contributed by atoms with Crippen LogP contribution in [0.1, 0.15) is 22.4 Å². The molecule has 6 heteroatoms. The molecule has 1 heterocycles. The molecule has 4 nitrogen and oxygen atoms in total. The van der Waals surface area contributed by atoms with Crippen LogP contribution in [0.3, 0.4) is 0 Å². The summed E-state index contributed by atoms with van der Waals surface area (Å²) >= 11 is 1.57. The average molecular weight is 364 g/mol. The maximum absolute atomic E-state index is 13.1. The highest BCUT2D eigenvalue weighted by atomic mass is 32.2.